The van der Waals surface area contributed by atoms with Gasteiger partial charge < -0.3 is 4.74 Å². The van der Waals surface area contributed by atoms with E-state index in [9.17, 15) is 9.59 Å². The van der Waals surface area contributed by atoms with Crippen LogP contribution in [0.3, 0.4) is 0 Å². The van der Waals surface area contributed by atoms with E-state index in [0.29, 0.717) is 11.1 Å². The third-order valence-electron chi connectivity index (χ3n) is 3.45. The summed E-state index contributed by atoms with van der Waals surface area (Å²) in [6, 6.07) is 5.61. The minimum atomic E-state index is -0.282. The first-order valence-electron chi connectivity index (χ1n) is 8.32. The molecule has 0 saturated carbocycles. The fourth-order valence-corrected chi connectivity index (χ4v) is 2.32. The van der Waals surface area contributed by atoms with Gasteiger partial charge >= 0.3 is 0 Å². The first-order chi connectivity index (χ1) is 11.5. The van der Waals surface area contributed by atoms with Gasteiger partial charge in [-0.05, 0) is 31.0 Å². The normalized spacial score (nSPS) is 13.0. The summed E-state index contributed by atoms with van der Waals surface area (Å²) in [5, 5.41) is 0. The van der Waals surface area contributed by atoms with Crippen LogP contribution in [-0.4, -0.2) is 23.8 Å². The van der Waals surface area contributed by atoms with Gasteiger partial charge in [0.1, 0.15) is 5.75 Å². The zero-order valence-electron chi connectivity index (χ0n) is 15.9. The lowest BCUT2D eigenvalue weighted by Gasteiger charge is -2.16. The van der Waals surface area contributed by atoms with Crippen molar-refractivity contribution >= 4 is 11.8 Å². The molecule has 2 rings (SSSR count). The van der Waals surface area contributed by atoms with E-state index in [1.165, 1.54) is 11.0 Å². The van der Waals surface area contributed by atoms with E-state index >= 15 is 0 Å². The van der Waals surface area contributed by atoms with Crippen LogP contribution in [0.25, 0.3) is 0 Å². The van der Waals surface area contributed by atoms with Gasteiger partial charge in [0.05, 0.1) is 13.7 Å². The summed E-state index contributed by atoms with van der Waals surface area (Å²) in [5.74, 6) is 0.253. The molecule has 0 atom stereocenters. The van der Waals surface area contributed by atoms with Crippen molar-refractivity contribution < 1.29 is 14.3 Å². The zero-order valence-corrected chi connectivity index (χ0v) is 15.9. The summed E-state index contributed by atoms with van der Waals surface area (Å²) in [7, 11) is 1.61. The maximum Gasteiger partial charge on any atom is 0.261 e. The smallest absolute Gasteiger partial charge is 0.261 e. The predicted molar refractivity (Wildman–Crippen MR) is 98.9 cm³/mol. The van der Waals surface area contributed by atoms with Gasteiger partial charge in [0.25, 0.3) is 11.8 Å². The highest BCUT2D eigenvalue weighted by atomic mass is 16.5. The lowest BCUT2D eigenvalue weighted by molar-refractivity contribution is -0.138. The minimum absolute atomic E-state index is 0.252. The number of aryl methyl sites for hydroxylation is 1. The molecule has 0 radical (unpaired) electrons. The van der Waals surface area contributed by atoms with E-state index in [1.807, 2.05) is 52.8 Å². The van der Waals surface area contributed by atoms with E-state index in [-0.39, 0.29) is 18.4 Å². The molecule has 4 nitrogen and oxygen atoms in total. The van der Waals surface area contributed by atoms with E-state index in [1.54, 1.807) is 14.0 Å². The second kappa shape index (κ2) is 10.4. The van der Waals surface area contributed by atoms with Gasteiger partial charge in [-0.2, -0.15) is 0 Å². The summed E-state index contributed by atoms with van der Waals surface area (Å²) in [5.41, 5.74) is 2.70. The Kier molecular flexibility index (Phi) is 9.40. The summed E-state index contributed by atoms with van der Waals surface area (Å²) in [6.45, 7) is 15.4. The molecule has 1 aliphatic heterocycles. The molecule has 1 aliphatic rings. The third kappa shape index (κ3) is 4.57. The molecule has 1 heterocycles. The third-order valence-corrected chi connectivity index (χ3v) is 3.45. The van der Waals surface area contributed by atoms with Crippen molar-refractivity contribution in [2.24, 2.45) is 0 Å². The summed E-state index contributed by atoms with van der Waals surface area (Å²) < 4.78 is 5.19. The number of nitrogens with zero attached hydrogens (tertiary/aromatic N) is 1. The van der Waals surface area contributed by atoms with Crippen molar-refractivity contribution in [1.82, 2.24) is 4.90 Å². The lowest BCUT2D eigenvalue weighted by atomic mass is 10.1. The molecule has 0 fully saturated rings. The van der Waals surface area contributed by atoms with Crippen molar-refractivity contribution in [3.63, 3.8) is 0 Å². The highest BCUT2D eigenvalue weighted by Gasteiger charge is 2.34. The summed E-state index contributed by atoms with van der Waals surface area (Å²) in [4.78, 5) is 25.4. The molecule has 24 heavy (non-hydrogen) atoms. The number of hydrogen-bond donors (Lipinski definition) is 0. The minimum Gasteiger partial charge on any atom is -0.496 e. The molecule has 2 amide bonds. The van der Waals surface area contributed by atoms with Crippen molar-refractivity contribution in [1.29, 1.82) is 0 Å². The van der Waals surface area contributed by atoms with E-state index in [0.717, 1.165) is 16.9 Å². The molecule has 1 aromatic carbocycles. The van der Waals surface area contributed by atoms with E-state index in [2.05, 4.69) is 6.58 Å². The Balaban J connectivity index is 0.00000123. The van der Waals surface area contributed by atoms with Gasteiger partial charge in [0.2, 0.25) is 0 Å². The maximum atomic E-state index is 12.1. The maximum absolute atomic E-state index is 12.1. The van der Waals surface area contributed by atoms with Gasteiger partial charge in [0, 0.05) is 11.1 Å². The number of hydrogen-bond acceptors (Lipinski definition) is 3. The number of benzene rings is 1. The molecule has 0 saturated heterocycles. The monoisotopic (exact) mass is 331 g/mol. The lowest BCUT2D eigenvalue weighted by Crippen LogP contribution is -2.30. The van der Waals surface area contributed by atoms with Crippen LogP contribution in [-0.2, 0) is 16.1 Å². The quantitative estimate of drug-likeness (QED) is 0.767. The molecule has 1 aromatic rings. The number of amides is 2. The van der Waals surface area contributed by atoms with Crippen LogP contribution in [0, 0.1) is 6.92 Å². The molecule has 0 N–H and O–H groups in total. The van der Waals surface area contributed by atoms with Crippen molar-refractivity contribution in [3.05, 3.63) is 53.1 Å². The largest absolute Gasteiger partial charge is 0.496 e. The second-order valence-electron chi connectivity index (χ2n) is 4.74. The molecule has 4 heteroatoms. The standard InChI is InChI=1S/C16H17NO3.2C2H6/c1-5-13-11(3)15(18)17(16(13)19)9-12-6-7-14(20-4)10(2)8-12;2*1-2/h5-8H,1,9H2,2-4H3;2*1-2H3. The predicted octanol–water partition coefficient (Wildman–Crippen LogP) is 4.43. The van der Waals surface area contributed by atoms with Crippen LogP contribution >= 0.6 is 0 Å². The summed E-state index contributed by atoms with van der Waals surface area (Å²) in [6.07, 6.45) is 1.44. The Morgan fingerprint density at radius 2 is 1.67 bits per heavy atom. The van der Waals surface area contributed by atoms with E-state index < -0.39 is 0 Å². The molecular weight excluding hydrogens is 302 g/mol. The first-order valence-corrected chi connectivity index (χ1v) is 8.32. The Labute approximate surface area is 145 Å². The number of carbonyl (C=O) groups is 2. The van der Waals surface area contributed by atoms with Gasteiger partial charge in [-0.3, -0.25) is 14.5 Å². The van der Waals surface area contributed by atoms with Crippen LogP contribution in [0.2, 0.25) is 0 Å². The van der Waals surface area contributed by atoms with Crippen LogP contribution < -0.4 is 4.74 Å². The fraction of sp³-hybridized carbons (Fsp3) is 0.400. The Hall–Kier alpha value is -2.36. The Morgan fingerprint density at radius 1 is 1.08 bits per heavy atom. The van der Waals surface area contributed by atoms with Gasteiger partial charge in [0.15, 0.2) is 0 Å². The number of rotatable bonds is 4. The average molecular weight is 331 g/mol. The molecular formula is C20H29NO3. The number of carbonyl (C=O) groups excluding carboxylic acids is 2. The number of ether oxygens (including phenoxy) is 1. The number of methoxy groups -OCH3 is 1. The van der Waals surface area contributed by atoms with Crippen LogP contribution in [0.4, 0.5) is 0 Å². The molecule has 132 valence electrons. The Bertz CT molecular complexity index is 630. The van der Waals surface area contributed by atoms with Crippen molar-refractivity contribution in [3.8, 4) is 5.75 Å². The topological polar surface area (TPSA) is 46.6 Å². The molecule has 0 aromatic heterocycles. The molecule has 0 bridgehead atoms. The van der Waals surface area contributed by atoms with Crippen molar-refractivity contribution in [2.45, 2.75) is 48.1 Å². The van der Waals surface area contributed by atoms with Gasteiger partial charge in [-0.15, -0.1) is 0 Å². The van der Waals surface area contributed by atoms with E-state index in [4.69, 9.17) is 4.74 Å². The summed E-state index contributed by atoms with van der Waals surface area (Å²) >= 11 is 0. The SMILES string of the molecule is C=CC1=C(C)C(=O)N(Cc2ccc(OC)c(C)c2)C1=O.CC.CC. The van der Waals surface area contributed by atoms with Gasteiger partial charge in [-0.1, -0.05) is 52.5 Å². The number of imide groups is 1. The van der Waals surface area contributed by atoms with Crippen LogP contribution in [0.1, 0.15) is 45.7 Å². The molecule has 0 unspecified atom stereocenters. The van der Waals surface area contributed by atoms with Crippen molar-refractivity contribution in [2.75, 3.05) is 7.11 Å². The highest BCUT2D eigenvalue weighted by Crippen LogP contribution is 2.25. The molecule has 0 aliphatic carbocycles. The zero-order chi connectivity index (χ0) is 18.9. The van der Waals surface area contributed by atoms with Gasteiger partial charge in [-0.25, -0.2) is 0 Å². The second-order valence-corrected chi connectivity index (χ2v) is 4.74. The highest BCUT2D eigenvalue weighted by molar-refractivity contribution is 6.20. The first kappa shape index (κ1) is 21.6. The fourth-order valence-electron chi connectivity index (χ4n) is 2.32. The average Bonchev–Trinajstić information content (AvgIpc) is 2.82. The van der Waals surface area contributed by atoms with Crippen LogP contribution in [0.5, 0.6) is 5.75 Å². The van der Waals surface area contributed by atoms with Crippen LogP contribution in [0.15, 0.2) is 42.0 Å². The molecule has 0 spiro atoms. The Morgan fingerprint density at radius 3 is 2.08 bits per heavy atom.